The first-order valence-corrected chi connectivity index (χ1v) is 6.00. The highest BCUT2D eigenvalue weighted by atomic mass is 16.1. The van der Waals surface area contributed by atoms with Crippen LogP contribution in [0.3, 0.4) is 0 Å². The van der Waals surface area contributed by atoms with E-state index in [9.17, 15) is 4.79 Å². The maximum absolute atomic E-state index is 11.8. The van der Waals surface area contributed by atoms with Gasteiger partial charge in [0, 0.05) is 24.5 Å². The Balaban J connectivity index is 1.91. The fourth-order valence-corrected chi connectivity index (χ4v) is 1.75. The average molecular weight is 240 g/mol. The van der Waals surface area contributed by atoms with Gasteiger partial charge in [-0.05, 0) is 23.6 Å². The Morgan fingerprint density at radius 1 is 1.17 bits per heavy atom. The van der Waals surface area contributed by atoms with E-state index >= 15 is 0 Å². The van der Waals surface area contributed by atoms with Gasteiger partial charge in [-0.3, -0.25) is 9.78 Å². The minimum absolute atomic E-state index is 0.0554. The van der Waals surface area contributed by atoms with E-state index in [1.54, 1.807) is 24.5 Å². The molecule has 0 unspecified atom stereocenters. The predicted molar refractivity (Wildman–Crippen MR) is 71.4 cm³/mol. The summed E-state index contributed by atoms with van der Waals surface area (Å²) in [5.74, 6) is 0.247. The number of nitrogens with one attached hydrogen (secondary N) is 1. The van der Waals surface area contributed by atoms with Crippen molar-refractivity contribution >= 4 is 5.91 Å². The Hall–Kier alpha value is -2.16. The molecule has 0 bridgehead atoms. The fourth-order valence-electron chi connectivity index (χ4n) is 1.75. The van der Waals surface area contributed by atoms with Crippen molar-refractivity contribution in [2.24, 2.45) is 0 Å². The van der Waals surface area contributed by atoms with Crippen LogP contribution in [-0.2, 0) is 0 Å². The zero-order chi connectivity index (χ0) is 12.8. The molecule has 0 spiro atoms. The first-order chi connectivity index (χ1) is 8.77. The highest BCUT2D eigenvalue weighted by molar-refractivity contribution is 5.93. The molecule has 1 amide bonds. The minimum atomic E-state index is -0.0554. The summed E-state index contributed by atoms with van der Waals surface area (Å²) in [6.45, 7) is 2.73. The number of carbonyl (C=O) groups excluding carboxylic acids is 1. The maximum Gasteiger partial charge on any atom is 0.251 e. The van der Waals surface area contributed by atoms with Gasteiger partial charge in [-0.1, -0.05) is 37.3 Å². The molecule has 92 valence electrons. The van der Waals surface area contributed by atoms with Crippen LogP contribution in [0.2, 0.25) is 0 Å². The topological polar surface area (TPSA) is 42.0 Å². The Kier molecular flexibility index (Phi) is 4.07. The van der Waals surface area contributed by atoms with Gasteiger partial charge in [0.2, 0.25) is 0 Å². The second-order valence-corrected chi connectivity index (χ2v) is 4.26. The summed E-state index contributed by atoms with van der Waals surface area (Å²) in [6.07, 6.45) is 3.24. The molecular weight excluding hydrogens is 224 g/mol. The highest BCUT2D eigenvalue weighted by Crippen LogP contribution is 2.13. The summed E-state index contributed by atoms with van der Waals surface area (Å²) in [5.41, 5.74) is 1.87. The molecule has 1 atom stereocenters. The van der Waals surface area contributed by atoms with Gasteiger partial charge in [0.15, 0.2) is 0 Å². The lowest BCUT2D eigenvalue weighted by Crippen LogP contribution is -2.27. The average Bonchev–Trinajstić information content (AvgIpc) is 2.46. The Labute approximate surface area is 107 Å². The van der Waals surface area contributed by atoms with Gasteiger partial charge in [0.1, 0.15) is 0 Å². The molecule has 1 N–H and O–H groups in total. The lowest BCUT2D eigenvalue weighted by molar-refractivity contribution is 0.0951. The molecule has 0 fully saturated rings. The molecule has 0 aliphatic carbocycles. The maximum atomic E-state index is 11.8. The van der Waals surface area contributed by atoms with Gasteiger partial charge in [-0.25, -0.2) is 0 Å². The first-order valence-electron chi connectivity index (χ1n) is 6.00. The van der Waals surface area contributed by atoms with Crippen LogP contribution in [0.4, 0.5) is 0 Å². The number of aromatic nitrogens is 1. The van der Waals surface area contributed by atoms with Crippen LogP contribution in [-0.4, -0.2) is 17.4 Å². The summed E-state index contributed by atoms with van der Waals surface area (Å²) < 4.78 is 0. The monoisotopic (exact) mass is 240 g/mol. The molecular formula is C15H16N2O. The van der Waals surface area contributed by atoms with Gasteiger partial charge < -0.3 is 5.32 Å². The molecule has 3 heteroatoms. The van der Waals surface area contributed by atoms with E-state index in [0.29, 0.717) is 18.0 Å². The summed E-state index contributed by atoms with van der Waals surface area (Å²) in [5, 5.41) is 2.93. The summed E-state index contributed by atoms with van der Waals surface area (Å²) in [6, 6.07) is 13.6. The van der Waals surface area contributed by atoms with E-state index in [-0.39, 0.29) is 5.91 Å². The van der Waals surface area contributed by atoms with Crippen molar-refractivity contribution in [2.75, 3.05) is 6.54 Å². The first kappa shape index (κ1) is 12.3. The molecule has 0 saturated heterocycles. The Morgan fingerprint density at radius 3 is 2.50 bits per heavy atom. The SMILES string of the molecule is C[C@@H](CNC(=O)c1ccncc1)c1ccccc1. The Morgan fingerprint density at radius 2 is 1.83 bits per heavy atom. The molecule has 2 aromatic rings. The number of pyridine rings is 1. The number of hydrogen-bond donors (Lipinski definition) is 1. The van der Waals surface area contributed by atoms with Crippen LogP contribution in [0.25, 0.3) is 0 Å². The number of benzene rings is 1. The molecule has 1 aromatic carbocycles. The molecule has 1 heterocycles. The molecule has 0 radical (unpaired) electrons. The van der Waals surface area contributed by atoms with Crippen molar-refractivity contribution in [3.8, 4) is 0 Å². The van der Waals surface area contributed by atoms with Crippen LogP contribution in [0.5, 0.6) is 0 Å². The van der Waals surface area contributed by atoms with Crippen molar-refractivity contribution in [1.29, 1.82) is 0 Å². The van der Waals surface area contributed by atoms with Crippen molar-refractivity contribution in [2.45, 2.75) is 12.8 Å². The molecule has 1 aromatic heterocycles. The lowest BCUT2D eigenvalue weighted by Gasteiger charge is -2.12. The normalized spacial score (nSPS) is 11.8. The third kappa shape index (κ3) is 3.17. The van der Waals surface area contributed by atoms with Crippen molar-refractivity contribution in [3.05, 3.63) is 66.0 Å². The third-order valence-electron chi connectivity index (χ3n) is 2.88. The smallest absolute Gasteiger partial charge is 0.251 e. The summed E-state index contributed by atoms with van der Waals surface area (Å²) in [4.78, 5) is 15.7. The minimum Gasteiger partial charge on any atom is -0.351 e. The summed E-state index contributed by atoms with van der Waals surface area (Å²) in [7, 11) is 0. The van der Waals surface area contributed by atoms with Gasteiger partial charge >= 0.3 is 0 Å². The van der Waals surface area contributed by atoms with E-state index < -0.39 is 0 Å². The van der Waals surface area contributed by atoms with Crippen molar-refractivity contribution in [3.63, 3.8) is 0 Å². The zero-order valence-electron chi connectivity index (χ0n) is 10.3. The predicted octanol–water partition coefficient (Wildman–Crippen LogP) is 2.62. The third-order valence-corrected chi connectivity index (χ3v) is 2.88. The van der Waals surface area contributed by atoms with E-state index in [1.807, 2.05) is 18.2 Å². The van der Waals surface area contributed by atoms with Crippen LogP contribution in [0, 0.1) is 0 Å². The summed E-state index contributed by atoms with van der Waals surface area (Å²) >= 11 is 0. The van der Waals surface area contributed by atoms with E-state index in [1.165, 1.54) is 5.56 Å². The quantitative estimate of drug-likeness (QED) is 0.892. The number of nitrogens with zero attached hydrogens (tertiary/aromatic N) is 1. The van der Waals surface area contributed by atoms with Gasteiger partial charge in [-0.15, -0.1) is 0 Å². The number of carbonyl (C=O) groups is 1. The van der Waals surface area contributed by atoms with Crippen molar-refractivity contribution in [1.82, 2.24) is 10.3 Å². The number of hydrogen-bond acceptors (Lipinski definition) is 2. The van der Waals surface area contributed by atoms with E-state index in [0.717, 1.165) is 0 Å². The van der Waals surface area contributed by atoms with Crippen molar-refractivity contribution < 1.29 is 4.79 Å². The standard InChI is InChI=1S/C15H16N2O/c1-12(13-5-3-2-4-6-13)11-17-15(18)14-7-9-16-10-8-14/h2-10,12H,11H2,1H3,(H,17,18)/t12-/m0/s1. The second-order valence-electron chi connectivity index (χ2n) is 4.26. The zero-order valence-corrected chi connectivity index (χ0v) is 10.3. The number of amides is 1. The molecule has 0 aliphatic rings. The number of rotatable bonds is 4. The molecule has 3 nitrogen and oxygen atoms in total. The second kappa shape index (κ2) is 5.96. The van der Waals surface area contributed by atoms with Crippen LogP contribution in [0.15, 0.2) is 54.9 Å². The van der Waals surface area contributed by atoms with Gasteiger partial charge in [-0.2, -0.15) is 0 Å². The molecule has 2 rings (SSSR count). The van der Waals surface area contributed by atoms with Crippen LogP contribution >= 0.6 is 0 Å². The van der Waals surface area contributed by atoms with E-state index in [4.69, 9.17) is 0 Å². The molecule has 0 aliphatic heterocycles. The van der Waals surface area contributed by atoms with E-state index in [2.05, 4.69) is 29.4 Å². The van der Waals surface area contributed by atoms with Gasteiger partial charge in [0.25, 0.3) is 5.91 Å². The lowest BCUT2D eigenvalue weighted by atomic mass is 10.0. The van der Waals surface area contributed by atoms with Crippen LogP contribution in [0.1, 0.15) is 28.8 Å². The highest BCUT2D eigenvalue weighted by Gasteiger charge is 2.08. The van der Waals surface area contributed by atoms with Gasteiger partial charge in [0.05, 0.1) is 0 Å². The van der Waals surface area contributed by atoms with Crippen LogP contribution < -0.4 is 5.32 Å². The molecule has 18 heavy (non-hydrogen) atoms. The molecule has 0 saturated carbocycles. The Bertz CT molecular complexity index is 496. The fraction of sp³-hybridized carbons (Fsp3) is 0.200. The largest absolute Gasteiger partial charge is 0.351 e.